The fourth-order valence-corrected chi connectivity index (χ4v) is 3.88. The van der Waals surface area contributed by atoms with Gasteiger partial charge >= 0.3 is 6.18 Å². The number of hydrogen-bond donors (Lipinski definition) is 1. The molecule has 0 saturated heterocycles. The van der Waals surface area contributed by atoms with Gasteiger partial charge in [0.15, 0.2) is 11.4 Å². The lowest BCUT2D eigenvalue weighted by molar-refractivity contribution is -0.140. The predicted octanol–water partition coefficient (Wildman–Crippen LogP) is 4.19. The van der Waals surface area contributed by atoms with Gasteiger partial charge in [-0.3, -0.25) is 14.7 Å². The van der Waals surface area contributed by atoms with Crippen LogP contribution in [-0.2, 0) is 12.6 Å². The first kappa shape index (κ1) is 19.3. The molecule has 3 heterocycles. The molecule has 0 spiro atoms. The number of carbonyl (C=O) groups is 1. The average Bonchev–Trinajstić information content (AvgIpc) is 3.31. The Morgan fingerprint density at radius 2 is 1.81 bits per heavy atom. The summed E-state index contributed by atoms with van der Waals surface area (Å²) in [6.07, 6.45) is -3.29. The second-order valence-corrected chi connectivity index (χ2v) is 7.33. The van der Waals surface area contributed by atoms with Crippen molar-refractivity contribution in [3.8, 4) is 22.6 Å². The summed E-state index contributed by atoms with van der Waals surface area (Å²) in [5, 5.41) is 2.16. The van der Waals surface area contributed by atoms with Crippen molar-refractivity contribution in [3.05, 3.63) is 63.5 Å². The molecule has 0 amide bonds. The van der Waals surface area contributed by atoms with Crippen molar-refractivity contribution < 1.29 is 22.4 Å². The van der Waals surface area contributed by atoms with Crippen molar-refractivity contribution >= 4 is 11.4 Å². The van der Waals surface area contributed by atoms with Gasteiger partial charge in [0.2, 0.25) is 5.89 Å². The molecule has 1 aromatic carbocycles. The van der Waals surface area contributed by atoms with Gasteiger partial charge < -0.3 is 4.42 Å². The van der Waals surface area contributed by atoms with Gasteiger partial charge in [0.05, 0.1) is 11.3 Å². The summed E-state index contributed by atoms with van der Waals surface area (Å²) in [5.74, 6) is 0.0743. The largest absolute Gasteiger partial charge is 0.440 e. The van der Waals surface area contributed by atoms with Crippen molar-refractivity contribution in [2.45, 2.75) is 32.4 Å². The van der Waals surface area contributed by atoms with E-state index in [1.54, 1.807) is 18.2 Å². The number of hydrogen-bond acceptors (Lipinski definition) is 5. The van der Waals surface area contributed by atoms with E-state index in [2.05, 4.69) is 15.1 Å². The van der Waals surface area contributed by atoms with Crippen LogP contribution in [0.15, 0.2) is 39.5 Å². The van der Waals surface area contributed by atoms with Crippen LogP contribution in [0, 0.1) is 6.92 Å². The average molecular weight is 428 g/mol. The van der Waals surface area contributed by atoms with Crippen LogP contribution in [0.4, 0.5) is 13.2 Å². The minimum absolute atomic E-state index is 0.0886. The molecule has 3 aromatic heterocycles. The van der Waals surface area contributed by atoms with Crippen molar-refractivity contribution in [1.82, 2.24) is 19.6 Å². The first-order chi connectivity index (χ1) is 14.8. The zero-order chi connectivity index (χ0) is 21.9. The number of fused-ring (bicyclic) bond motifs is 2. The molecule has 5 rings (SSSR count). The van der Waals surface area contributed by atoms with Gasteiger partial charge in [-0.2, -0.15) is 17.7 Å². The summed E-state index contributed by atoms with van der Waals surface area (Å²) in [4.78, 5) is 33.7. The van der Waals surface area contributed by atoms with Crippen LogP contribution >= 0.6 is 0 Å². The Morgan fingerprint density at radius 1 is 1.06 bits per heavy atom. The molecule has 1 aliphatic carbocycles. The number of rotatable bonds is 2. The number of H-pyrrole nitrogens is 1. The van der Waals surface area contributed by atoms with Crippen molar-refractivity contribution in [1.29, 1.82) is 0 Å². The van der Waals surface area contributed by atoms with Gasteiger partial charge in [-0.1, -0.05) is 30.3 Å². The summed E-state index contributed by atoms with van der Waals surface area (Å²) < 4.78 is 47.7. The van der Waals surface area contributed by atoms with Crippen LogP contribution in [0.3, 0.4) is 0 Å². The molecule has 10 heteroatoms. The van der Waals surface area contributed by atoms with Crippen LogP contribution in [0.1, 0.15) is 40.5 Å². The number of Topliss-reactive ketones (excluding diaryl/α,β-unsaturated/α-hetero) is 1. The molecule has 0 atom stereocenters. The molecular formula is C21H15F3N4O3. The quantitative estimate of drug-likeness (QED) is 0.517. The highest BCUT2D eigenvalue weighted by molar-refractivity contribution is 5.96. The third kappa shape index (κ3) is 2.97. The predicted molar refractivity (Wildman–Crippen MR) is 104 cm³/mol. The maximum absolute atomic E-state index is 13.8. The number of halogens is 3. The van der Waals surface area contributed by atoms with Gasteiger partial charge in [0, 0.05) is 12.8 Å². The maximum Gasteiger partial charge on any atom is 0.433 e. The van der Waals surface area contributed by atoms with Gasteiger partial charge in [-0.25, -0.2) is 9.97 Å². The van der Waals surface area contributed by atoms with Gasteiger partial charge in [0.25, 0.3) is 5.56 Å². The molecule has 1 N–H and O–H groups in total. The van der Waals surface area contributed by atoms with Crippen LogP contribution < -0.4 is 5.56 Å². The van der Waals surface area contributed by atoms with E-state index in [4.69, 9.17) is 4.42 Å². The number of aromatic amines is 1. The summed E-state index contributed by atoms with van der Waals surface area (Å²) in [6, 6.07) is 7.92. The molecule has 0 aliphatic heterocycles. The van der Waals surface area contributed by atoms with E-state index in [1.165, 1.54) is 19.1 Å². The molecule has 0 fully saturated rings. The number of benzene rings is 1. The van der Waals surface area contributed by atoms with Crippen molar-refractivity contribution in [3.63, 3.8) is 0 Å². The lowest BCUT2D eigenvalue weighted by Gasteiger charge is -2.07. The first-order valence-electron chi connectivity index (χ1n) is 9.57. The molecule has 0 unspecified atom stereocenters. The second-order valence-electron chi connectivity index (χ2n) is 7.33. The van der Waals surface area contributed by atoms with Crippen molar-refractivity contribution in [2.24, 2.45) is 0 Å². The van der Waals surface area contributed by atoms with Gasteiger partial charge in [-0.05, 0) is 18.9 Å². The number of nitrogens with one attached hydrogen (secondary N) is 1. The molecule has 7 nitrogen and oxygen atoms in total. The number of nitrogens with zero attached hydrogens (tertiary/aromatic N) is 3. The smallest absolute Gasteiger partial charge is 0.433 e. The molecule has 1 aliphatic rings. The monoisotopic (exact) mass is 428 g/mol. The van der Waals surface area contributed by atoms with Crippen LogP contribution in [-0.4, -0.2) is 25.4 Å². The Morgan fingerprint density at radius 3 is 2.48 bits per heavy atom. The molecule has 0 radical (unpaired) electrons. The number of ketones is 1. The topological polar surface area (TPSA) is 93.3 Å². The summed E-state index contributed by atoms with van der Waals surface area (Å²) >= 11 is 0. The minimum atomic E-state index is -4.74. The number of aromatic nitrogens is 4. The third-order valence-corrected chi connectivity index (χ3v) is 5.29. The molecule has 4 aromatic rings. The number of alkyl halides is 3. The van der Waals surface area contributed by atoms with E-state index in [0.29, 0.717) is 25.0 Å². The highest BCUT2D eigenvalue weighted by atomic mass is 19.4. The zero-order valence-electron chi connectivity index (χ0n) is 16.2. The maximum atomic E-state index is 13.8. The van der Waals surface area contributed by atoms with E-state index in [-0.39, 0.29) is 45.4 Å². The molecule has 158 valence electrons. The summed E-state index contributed by atoms with van der Waals surface area (Å²) in [5.41, 5.74) is -1.75. The first-order valence-corrected chi connectivity index (χ1v) is 9.57. The Bertz CT molecular complexity index is 1400. The lowest BCUT2D eigenvalue weighted by atomic mass is 10.0. The highest BCUT2D eigenvalue weighted by Crippen LogP contribution is 2.38. The Labute approximate surface area is 172 Å². The molecule has 31 heavy (non-hydrogen) atoms. The number of carbonyl (C=O) groups excluding carboxylic acids is 1. The fourth-order valence-electron chi connectivity index (χ4n) is 3.88. The normalized spacial score (nSPS) is 14.3. The van der Waals surface area contributed by atoms with Crippen LogP contribution in [0.25, 0.3) is 28.2 Å². The second kappa shape index (κ2) is 6.66. The standard InChI is InChI=1S/C21H15F3N4O3/c1-10-14(19-26-16-12(29)8-5-9-13(16)31-19)20(30)28-18(25-10)15(11-6-3-2-4-7-11)17(27-28)21(22,23)24/h2-4,6-7,27H,5,8-9H2,1H3. The van der Waals surface area contributed by atoms with E-state index >= 15 is 0 Å². The Balaban J connectivity index is 1.80. The minimum Gasteiger partial charge on any atom is -0.440 e. The number of aryl methyl sites for hydroxylation is 2. The summed E-state index contributed by atoms with van der Waals surface area (Å²) in [6.45, 7) is 1.50. The van der Waals surface area contributed by atoms with Crippen molar-refractivity contribution in [2.75, 3.05) is 0 Å². The molecule has 0 saturated carbocycles. The third-order valence-electron chi connectivity index (χ3n) is 5.29. The molecule has 0 bridgehead atoms. The van der Waals surface area contributed by atoms with E-state index in [0.717, 1.165) is 4.52 Å². The lowest BCUT2D eigenvalue weighted by Crippen LogP contribution is -2.20. The SMILES string of the molecule is Cc1nc2c(-c3ccccc3)c(C(F)(F)F)[nH]n2c(=O)c1-c1nc2c(o1)CCCC2=O. The zero-order valence-corrected chi connectivity index (χ0v) is 16.2. The summed E-state index contributed by atoms with van der Waals surface area (Å²) in [7, 11) is 0. The van der Waals surface area contributed by atoms with Gasteiger partial charge in [-0.15, -0.1) is 0 Å². The number of oxazole rings is 1. The Kier molecular flexibility index (Phi) is 4.14. The Hall–Kier alpha value is -3.69. The van der Waals surface area contributed by atoms with Crippen LogP contribution in [0.2, 0.25) is 0 Å². The van der Waals surface area contributed by atoms with E-state index < -0.39 is 17.4 Å². The van der Waals surface area contributed by atoms with E-state index in [9.17, 15) is 22.8 Å². The highest BCUT2D eigenvalue weighted by Gasteiger charge is 2.38. The van der Waals surface area contributed by atoms with Gasteiger partial charge in [0.1, 0.15) is 22.7 Å². The molecular weight excluding hydrogens is 413 g/mol. The van der Waals surface area contributed by atoms with Crippen LogP contribution in [0.5, 0.6) is 0 Å². The van der Waals surface area contributed by atoms with E-state index in [1.807, 2.05) is 0 Å². The fraction of sp³-hybridized carbons (Fsp3) is 0.238.